The van der Waals surface area contributed by atoms with Crippen molar-refractivity contribution < 1.29 is 18.0 Å². The Bertz CT molecular complexity index is 905. The summed E-state index contributed by atoms with van der Waals surface area (Å²) in [5.41, 5.74) is -1.04. The van der Waals surface area contributed by atoms with Gasteiger partial charge >= 0.3 is 6.18 Å². The molecule has 1 aromatic carbocycles. The van der Waals surface area contributed by atoms with Gasteiger partial charge in [0.25, 0.3) is 5.91 Å². The van der Waals surface area contributed by atoms with Gasteiger partial charge in [-0.1, -0.05) is 23.4 Å². The van der Waals surface area contributed by atoms with Crippen LogP contribution in [0.25, 0.3) is 5.69 Å². The third-order valence-electron chi connectivity index (χ3n) is 4.03. The molecule has 1 atom stereocenters. The molecule has 2 heterocycles. The third kappa shape index (κ3) is 3.48. The van der Waals surface area contributed by atoms with E-state index < -0.39 is 17.6 Å². The van der Waals surface area contributed by atoms with Crippen molar-refractivity contribution in [1.29, 1.82) is 0 Å². The number of carbonyl (C=O) groups excluding carboxylic acids is 1. The molecule has 0 radical (unpaired) electrons. The molecule has 0 aliphatic carbocycles. The fourth-order valence-electron chi connectivity index (χ4n) is 2.47. The van der Waals surface area contributed by atoms with Crippen molar-refractivity contribution in [2.24, 2.45) is 0 Å². The minimum atomic E-state index is -4.53. The molecule has 1 unspecified atom stereocenters. The molecule has 5 nitrogen and oxygen atoms in total. The molecule has 3 aromatic rings. The number of benzene rings is 1. The highest BCUT2D eigenvalue weighted by atomic mass is 32.1. The zero-order valence-electron chi connectivity index (χ0n) is 13.9. The molecule has 0 saturated heterocycles. The summed E-state index contributed by atoms with van der Waals surface area (Å²) < 4.78 is 40.4. The van der Waals surface area contributed by atoms with E-state index in [1.807, 2.05) is 24.4 Å². The Labute approximate surface area is 151 Å². The van der Waals surface area contributed by atoms with Crippen LogP contribution in [0.5, 0.6) is 0 Å². The summed E-state index contributed by atoms with van der Waals surface area (Å²) in [5, 5.41) is 9.38. The first-order valence-electron chi connectivity index (χ1n) is 7.68. The van der Waals surface area contributed by atoms with Crippen molar-refractivity contribution >= 4 is 17.2 Å². The standard InChI is InChI=1S/C17H15F3N4OS/c1-11(15-8-5-9-26-15)23(2)16(25)13-10-24(22-21-13)14-7-4-3-6-12(14)17(18,19)20/h3-11H,1-2H3. The highest BCUT2D eigenvalue weighted by Crippen LogP contribution is 2.33. The maximum absolute atomic E-state index is 13.2. The van der Waals surface area contributed by atoms with Gasteiger partial charge < -0.3 is 4.90 Å². The Balaban J connectivity index is 1.88. The molecule has 0 bridgehead atoms. The van der Waals surface area contributed by atoms with E-state index in [0.29, 0.717) is 0 Å². The summed E-state index contributed by atoms with van der Waals surface area (Å²) >= 11 is 1.52. The van der Waals surface area contributed by atoms with Gasteiger partial charge in [-0.2, -0.15) is 13.2 Å². The SMILES string of the molecule is CC(c1cccs1)N(C)C(=O)c1cn(-c2ccccc2C(F)(F)F)nn1. The van der Waals surface area contributed by atoms with Gasteiger partial charge in [0.05, 0.1) is 23.5 Å². The van der Waals surface area contributed by atoms with Crippen molar-refractivity contribution in [3.63, 3.8) is 0 Å². The number of nitrogens with zero attached hydrogens (tertiary/aromatic N) is 4. The van der Waals surface area contributed by atoms with Crippen LogP contribution >= 0.6 is 11.3 Å². The van der Waals surface area contributed by atoms with Crippen molar-refractivity contribution in [2.45, 2.75) is 19.1 Å². The van der Waals surface area contributed by atoms with E-state index in [-0.39, 0.29) is 17.4 Å². The molecule has 3 rings (SSSR count). The van der Waals surface area contributed by atoms with Crippen LogP contribution in [0.15, 0.2) is 48.0 Å². The van der Waals surface area contributed by atoms with Crippen LogP contribution in [0.4, 0.5) is 13.2 Å². The summed E-state index contributed by atoms with van der Waals surface area (Å²) in [6.45, 7) is 1.87. The zero-order chi connectivity index (χ0) is 18.9. The van der Waals surface area contributed by atoms with E-state index in [1.54, 1.807) is 7.05 Å². The highest BCUT2D eigenvalue weighted by Gasteiger charge is 2.34. The molecular weight excluding hydrogens is 365 g/mol. The number of amides is 1. The molecule has 136 valence electrons. The minimum absolute atomic E-state index is 0.0205. The predicted octanol–water partition coefficient (Wildman–Crippen LogP) is 4.18. The molecule has 0 saturated carbocycles. The summed E-state index contributed by atoms with van der Waals surface area (Å²) in [6.07, 6.45) is -3.32. The second-order valence-electron chi connectivity index (χ2n) is 5.67. The van der Waals surface area contributed by atoms with Gasteiger partial charge in [-0.25, -0.2) is 4.68 Å². The normalized spacial score (nSPS) is 12.8. The number of thiophene rings is 1. The Morgan fingerprint density at radius 2 is 1.96 bits per heavy atom. The first-order valence-corrected chi connectivity index (χ1v) is 8.56. The summed E-state index contributed by atoms with van der Waals surface area (Å²) in [4.78, 5) is 15.1. The van der Waals surface area contributed by atoms with E-state index in [0.717, 1.165) is 15.6 Å². The summed E-state index contributed by atoms with van der Waals surface area (Å²) in [6, 6.07) is 8.63. The van der Waals surface area contributed by atoms with Crippen LogP contribution in [0.3, 0.4) is 0 Å². The first kappa shape index (κ1) is 18.1. The van der Waals surface area contributed by atoms with E-state index >= 15 is 0 Å². The monoisotopic (exact) mass is 380 g/mol. The second kappa shape index (κ2) is 6.91. The van der Waals surface area contributed by atoms with Gasteiger partial charge in [0.2, 0.25) is 0 Å². The van der Waals surface area contributed by atoms with Gasteiger partial charge in [-0.3, -0.25) is 4.79 Å². The Morgan fingerprint density at radius 3 is 2.62 bits per heavy atom. The second-order valence-corrected chi connectivity index (χ2v) is 6.65. The number of aromatic nitrogens is 3. The summed E-state index contributed by atoms with van der Waals surface area (Å²) in [5.74, 6) is -0.415. The van der Waals surface area contributed by atoms with Crippen LogP contribution in [-0.4, -0.2) is 32.8 Å². The van der Waals surface area contributed by atoms with Crippen LogP contribution in [0, 0.1) is 0 Å². The van der Waals surface area contributed by atoms with Gasteiger partial charge in [0, 0.05) is 11.9 Å². The molecule has 26 heavy (non-hydrogen) atoms. The predicted molar refractivity (Wildman–Crippen MR) is 91.2 cm³/mol. The van der Waals surface area contributed by atoms with Crippen LogP contribution < -0.4 is 0 Å². The Morgan fingerprint density at radius 1 is 1.23 bits per heavy atom. The maximum Gasteiger partial charge on any atom is 0.418 e. The van der Waals surface area contributed by atoms with E-state index in [9.17, 15) is 18.0 Å². The van der Waals surface area contributed by atoms with E-state index in [2.05, 4.69) is 10.3 Å². The van der Waals surface area contributed by atoms with Crippen molar-refractivity contribution in [3.05, 3.63) is 64.1 Å². The lowest BCUT2D eigenvalue weighted by molar-refractivity contribution is -0.137. The largest absolute Gasteiger partial charge is 0.418 e. The Kier molecular flexibility index (Phi) is 4.82. The third-order valence-corrected chi connectivity index (χ3v) is 5.07. The van der Waals surface area contributed by atoms with E-state index in [1.165, 1.54) is 40.6 Å². The summed E-state index contributed by atoms with van der Waals surface area (Å²) in [7, 11) is 1.62. The average molecular weight is 380 g/mol. The number of rotatable bonds is 4. The highest BCUT2D eigenvalue weighted by molar-refractivity contribution is 7.10. The molecule has 0 aliphatic heterocycles. The topological polar surface area (TPSA) is 51.0 Å². The van der Waals surface area contributed by atoms with Gasteiger partial charge in [-0.05, 0) is 30.5 Å². The maximum atomic E-state index is 13.2. The number of hydrogen-bond acceptors (Lipinski definition) is 4. The number of para-hydroxylation sites is 1. The molecule has 0 fully saturated rings. The van der Waals surface area contributed by atoms with Gasteiger partial charge in [0.15, 0.2) is 5.69 Å². The molecule has 0 N–H and O–H groups in total. The smallest absolute Gasteiger partial charge is 0.333 e. The Hall–Kier alpha value is -2.68. The average Bonchev–Trinajstić information content (AvgIpc) is 3.30. The molecule has 1 amide bonds. The fourth-order valence-corrected chi connectivity index (χ4v) is 3.30. The fraction of sp³-hybridized carbons (Fsp3) is 0.235. The molecule has 0 spiro atoms. The lowest BCUT2D eigenvalue weighted by Crippen LogP contribution is -2.29. The van der Waals surface area contributed by atoms with Crippen LogP contribution in [0.1, 0.15) is 33.9 Å². The van der Waals surface area contributed by atoms with Crippen LogP contribution in [0.2, 0.25) is 0 Å². The van der Waals surface area contributed by atoms with Gasteiger partial charge in [-0.15, -0.1) is 16.4 Å². The number of carbonyl (C=O) groups is 1. The van der Waals surface area contributed by atoms with Gasteiger partial charge in [0.1, 0.15) is 0 Å². The minimum Gasteiger partial charge on any atom is -0.333 e. The van der Waals surface area contributed by atoms with Crippen LogP contribution in [-0.2, 0) is 6.18 Å². The number of alkyl halides is 3. The quantitative estimate of drug-likeness (QED) is 0.682. The number of halogens is 3. The molecule has 0 aliphatic rings. The van der Waals surface area contributed by atoms with Crippen molar-refractivity contribution in [1.82, 2.24) is 19.9 Å². The lowest BCUT2D eigenvalue weighted by Gasteiger charge is -2.22. The first-order chi connectivity index (χ1) is 12.3. The molecule has 2 aromatic heterocycles. The van der Waals surface area contributed by atoms with Crippen molar-refractivity contribution in [3.8, 4) is 5.69 Å². The lowest BCUT2D eigenvalue weighted by atomic mass is 10.1. The zero-order valence-corrected chi connectivity index (χ0v) is 14.8. The van der Waals surface area contributed by atoms with Crippen molar-refractivity contribution in [2.75, 3.05) is 7.05 Å². The molecule has 9 heteroatoms. The number of hydrogen-bond donors (Lipinski definition) is 0. The van der Waals surface area contributed by atoms with E-state index in [4.69, 9.17) is 0 Å². The molecular formula is C17H15F3N4OS.